The number of pyridine rings is 1. The molecule has 1 aliphatic rings. The summed E-state index contributed by atoms with van der Waals surface area (Å²) in [6, 6.07) is 13.3. The van der Waals surface area contributed by atoms with Crippen molar-refractivity contribution in [1.82, 2.24) is 15.0 Å². The molecule has 1 saturated heterocycles. The Labute approximate surface area is 232 Å². The first-order chi connectivity index (χ1) is 19.4. The van der Waals surface area contributed by atoms with Crippen molar-refractivity contribution in [1.29, 1.82) is 0 Å². The normalized spacial score (nSPS) is 15.8. The first kappa shape index (κ1) is 27.4. The van der Waals surface area contributed by atoms with Crippen LogP contribution in [0.4, 0.5) is 16.2 Å². The van der Waals surface area contributed by atoms with E-state index >= 15 is 0 Å². The van der Waals surface area contributed by atoms with E-state index in [1.54, 1.807) is 21.1 Å². The maximum atomic E-state index is 14.1. The molecule has 0 aliphatic carbocycles. The number of aliphatic hydroxyl groups excluding tert-OH is 1. The topological polar surface area (TPSA) is 113 Å². The van der Waals surface area contributed by atoms with Gasteiger partial charge in [-0.1, -0.05) is 6.07 Å². The van der Waals surface area contributed by atoms with Crippen LogP contribution in [0.1, 0.15) is 49.0 Å². The van der Waals surface area contributed by atoms with Gasteiger partial charge in [-0.25, -0.2) is 19.3 Å². The van der Waals surface area contributed by atoms with Gasteiger partial charge in [-0.3, -0.25) is 0 Å². The zero-order valence-corrected chi connectivity index (χ0v) is 22.9. The van der Waals surface area contributed by atoms with E-state index in [2.05, 4.69) is 15.2 Å². The van der Waals surface area contributed by atoms with Gasteiger partial charge < -0.3 is 29.9 Å². The molecule has 0 bridgehead atoms. The summed E-state index contributed by atoms with van der Waals surface area (Å²) in [5, 5.41) is 23.4. The largest absolute Gasteiger partial charge is 0.508 e. The first-order valence-electron chi connectivity index (χ1n) is 13.4. The number of nitrogens with one attached hydrogen (secondary N) is 1. The van der Waals surface area contributed by atoms with E-state index in [0.29, 0.717) is 64.9 Å². The molecule has 2 atom stereocenters. The predicted molar refractivity (Wildman–Crippen MR) is 152 cm³/mol. The van der Waals surface area contributed by atoms with Crippen LogP contribution in [0.5, 0.6) is 17.2 Å². The lowest BCUT2D eigenvalue weighted by atomic mass is 10.0. The van der Waals surface area contributed by atoms with E-state index in [1.807, 2.05) is 30.3 Å². The van der Waals surface area contributed by atoms with Gasteiger partial charge in [0, 0.05) is 36.7 Å². The number of hydrogen-bond donors (Lipinski definition) is 3. The Kier molecular flexibility index (Phi) is 8.16. The number of phenols is 1. The van der Waals surface area contributed by atoms with Gasteiger partial charge in [-0.15, -0.1) is 0 Å². The molecule has 10 heteroatoms. The van der Waals surface area contributed by atoms with Crippen LogP contribution in [0.15, 0.2) is 48.5 Å². The minimum absolute atomic E-state index is 0.0719. The lowest BCUT2D eigenvalue weighted by Gasteiger charge is -2.27. The van der Waals surface area contributed by atoms with Gasteiger partial charge >= 0.3 is 0 Å². The molecule has 2 aromatic heterocycles. The minimum atomic E-state index is -0.439. The van der Waals surface area contributed by atoms with E-state index in [4.69, 9.17) is 19.4 Å². The lowest BCUT2D eigenvalue weighted by Crippen LogP contribution is -2.24. The van der Waals surface area contributed by atoms with Gasteiger partial charge in [0.25, 0.3) is 0 Å². The summed E-state index contributed by atoms with van der Waals surface area (Å²) in [5.41, 5.74) is 3.49. The van der Waals surface area contributed by atoms with Crippen molar-refractivity contribution in [3.63, 3.8) is 0 Å². The van der Waals surface area contributed by atoms with E-state index in [0.717, 1.165) is 24.9 Å². The fourth-order valence-corrected chi connectivity index (χ4v) is 5.15. The molecule has 210 valence electrons. The standard InChI is InChI=1S/C30H34FN5O4/c1-18(37)12-13-32-30-33-23-9-11-28(36-14-4-5-25(36)22-16-20(31)7-10-26(22)38)35-29(23)24(34-30)15-19-6-8-21(39-2)17-27(19)40-3/h6-11,16-18,25,37-38H,4-5,12-15H2,1-3H3,(H,32,33,34)/t18-,25-/m1/s1. The summed E-state index contributed by atoms with van der Waals surface area (Å²) in [6.45, 7) is 2.98. The first-order valence-corrected chi connectivity index (χ1v) is 13.4. The Morgan fingerprint density at radius 3 is 2.70 bits per heavy atom. The van der Waals surface area contributed by atoms with E-state index in [-0.39, 0.29) is 17.6 Å². The summed E-state index contributed by atoms with van der Waals surface area (Å²) in [4.78, 5) is 16.6. The van der Waals surface area contributed by atoms with Crippen molar-refractivity contribution in [2.45, 2.75) is 44.8 Å². The van der Waals surface area contributed by atoms with Crippen molar-refractivity contribution in [3.8, 4) is 17.2 Å². The van der Waals surface area contributed by atoms with Gasteiger partial charge in [0.1, 0.15) is 34.4 Å². The smallest absolute Gasteiger partial charge is 0.223 e. The number of ether oxygens (including phenoxy) is 2. The van der Waals surface area contributed by atoms with Crippen LogP contribution in [0, 0.1) is 5.82 Å². The number of aromatic nitrogens is 3. The number of rotatable bonds is 10. The maximum Gasteiger partial charge on any atom is 0.223 e. The van der Waals surface area contributed by atoms with Crippen LogP contribution < -0.4 is 19.7 Å². The SMILES string of the molecule is COc1ccc(Cc2nc(NCC[C@@H](C)O)nc3ccc(N4CCC[C@@H]4c4cc(F)ccc4O)nc23)c(OC)c1. The molecule has 4 aromatic rings. The number of aliphatic hydroxyl groups is 1. The molecule has 0 unspecified atom stereocenters. The monoisotopic (exact) mass is 547 g/mol. The molecule has 3 N–H and O–H groups in total. The van der Waals surface area contributed by atoms with Crippen LogP contribution in [0.25, 0.3) is 11.0 Å². The van der Waals surface area contributed by atoms with Crippen LogP contribution in [0.3, 0.4) is 0 Å². The number of aromatic hydroxyl groups is 1. The number of halogens is 1. The Bertz CT molecular complexity index is 1500. The third kappa shape index (κ3) is 5.86. The van der Waals surface area contributed by atoms with Crippen molar-refractivity contribution in [2.24, 2.45) is 0 Å². The number of phenolic OH excluding ortho intramolecular Hbond substituents is 1. The molecule has 0 spiro atoms. The van der Waals surface area contributed by atoms with Gasteiger partial charge in [-0.05, 0) is 62.6 Å². The quantitative estimate of drug-likeness (QED) is 0.252. The average molecular weight is 548 g/mol. The van der Waals surface area contributed by atoms with Crippen LogP contribution in [-0.2, 0) is 6.42 Å². The number of methoxy groups -OCH3 is 2. The van der Waals surface area contributed by atoms with Crippen LogP contribution in [-0.4, -0.2) is 58.6 Å². The second-order valence-corrected chi connectivity index (χ2v) is 10.0. The zero-order valence-electron chi connectivity index (χ0n) is 22.9. The molecule has 9 nitrogen and oxygen atoms in total. The Hall–Kier alpha value is -4.18. The van der Waals surface area contributed by atoms with Crippen molar-refractivity contribution in [2.75, 3.05) is 37.5 Å². The fourth-order valence-electron chi connectivity index (χ4n) is 5.15. The van der Waals surface area contributed by atoms with Crippen molar-refractivity contribution >= 4 is 22.8 Å². The van der Waals surface area contributed by atoms with Crippen molar-refractivity contribution in [3.05, 3.63) is 71.2 Å². The summed E-state index contributed by atoms with van der Waals surface area (Å²) in [7, 11) is 3.23. The fraction of sp³-hybridized carbons (Fsp3) is 0.367. The van der Waals surface area contributed by atoms with Gasteiger partial charge in [-0.2, -0.15) is 0 Å². The summed E-state index contributed by atoms with van der Waals surface area (Å²) >= 11 is 0. The Balaban J connectivity index is 1.55. The highest BCUT2D eigenvalue weighted by molar-refractivity contribution is 5.80. The number of nitrogens with zero attached hydrogens (tertiary/aromatic N) is 4. The molecule has 0 radical (unpaired) electrons. The van der Waals surface area contributed by atoms with Gasteiger partial charge in [0.05, 0.1) is 37.6 Å². The third-order valence-corrected chi connectivity index (χ3v) is 7.19. The van der Waals surface area contributed by atoms with Crippen LogP contribution in [0.2, 0.25) is 0 Å². The molecule has 5 rings (SSSR count). The number of benzene rings is 2. The molecule has 1 aliphatic heterocycles. The van der Waals surface area contributed by atoms with Crippen LogP contribution >= 0.6 is 0 Å². The molecule has 3 heterocycles. The summed E-state index contributed by atoms with van der Waals surface area (Å²) in [5.74, 6) is 2.21. The summed E-state index contributed by atoms with van der Waals surface area (Å²) < 4.78 is 25.1. The molecule has 1 fully saturated rings. The van der Waals surface area contributed by atoms with E-state index in [9.17, 15) is 14.6 Å². The van der Waals surface area contributed by atoms with Gasteiger partial charge in [0.2, 0.25) is 5.95 Å². The number of fused-ring (bicyclic) bond motifs is 1. The highest BCUT2D eigenvalue weighted by atomic mass is 19.1. The molecule has 0 amide bonds. The Morgan fingerprint density at radius 1 is 1.07 bits per heavy atom. The average Bonchev–Trinajstić information content (AvgIpc) is 3.44. The summed E-state index contributed by atoms with van der Waals surface area (Å²) in [6.07, 6.45) is 2.21. The second kappa shape index (κ2) is 11.9. The minimum Gasteiger partial charge on any atom is -0.508 e. The molecular weight excluding hydrogens is 513 g/mol. The lowest BCUT2D eigenvalue weighted by molar-refractivity contribution is 0.188. The maximum absolute atomic E-state index is 14.1. The number of hydrogen-bond acceptors (Lipinski definition) is 9. The molecule has 2 aromatic carbocycles. The third-order valence-electron chi connectivity index (χ3n) is 7.19. The second-order valence-electron chi connectivity index (χ2n) is 10.0. The Morgan fingerprint density at radius 2 is 1.93 bits per heavy atom. The molecule has 0 saturated carbocycles. The van der Waals surface area contributed by atoms with Crippen molar-refractivity contribution < 1.29 is 24.1 Å². The molecular formula is C30H34FN5O4. The van der Waals surface area contributed by atoms with Gasteiger partial charge in [0.15, 0.2) is 0 Å². The molecule has 40 heavy (non-hydrogen) atoms. The highest BCUT2D eigenvalue weighted by Gasteiger charge is 2.30. The van der Waals surface area contributed by atoms with E-state index < -0.39 is 6.10 Å². The number of anilines is 2. The van der Waals surface area contributed by atoms with E-state index in [1.165, 1.54) is 18.2 Å². The zero-order chi connectivity index (χ0) is 28.2. The predicted octanol–water partition coefficient (Wildman–Crippen LogP) is 5.00. The highest BCUT2D eigenvalue weighted by Crippen LogP contribution is 2.40.